The third-order valence-electron chi connectivity index (χ3n) is 3.68. The van der Waals surface area contributed by atoms with Crippen LogP contribution >= 0.6 is 0 Å². The molecule has 1 aromatic carbocycles. The Labute approximate surface area is 116 Å². The van der Waals surface area contributed by atoms with E-state index < -0.39 is 30.3 Å². The van der Waals surface area contributed by atoms with E-state index in [9.17, 15) is 9.18 Å². The number of rotatable bonds is 2. The van der Waals surface area contributed by atoms with Gasteiger partial charge in [0.2, 0.25) is 0 Å². The second-order valence-corrected chi connectivity index (χ2v) is 5.65. The normalized spacial score (nSPS) is 19.9. The fraction of sp³-hybridized carbons (Fsp3) is 0.462. The summed E-state index contributed by atoms with van der Waals surface area (Å²) in [4.78, 5) is 10.4. The molecule has 108 valence electrons. The van der Waals surface area contributed by atoms with Gasteiger partial charge in [0.1, 0.15) is 0 Å². The summed E-state index contributed by atoms with van der Waals surface area (Å²) in [6.45, 7) is 7.58. The molecule has 0 aliphatic carbocycles. The molecule has 1 aliphatic rings. The summed E-state index contributed by atoms with van der Waals surface area (Å²) in [7, 11) is -0.701. The van der Waals surface area contributed by atoms with Crippen molar-refractivity contribution in [2.24, 2.45) is 0 Å². The molecule has 2 rings (SSSR count). The minimum Gasteiger partial charge on any atom is -0.449 e. The summed E-state index contributed by atoms with van der Waals surface area (Å²) in [5.74, 6) is -1.13. The molecule has 1 N–H and O–H groups in total. The van der Waals surface area contributed by atoms with E-state index >= 15 is 0 Å². The minimum atomic E-state index is -1.56. The van der Waals surface area contributed by atoms with Crippen molar-refractivity contribution in [2.75, 3.05) is 0 Å². The van der Waals surface area contributed by atoms with E-state index in [0.717, 1.165) is 6.07 Å². The first kappa shape index (κ1) is 14.8. The Kier molecular flexibility index (Phi) is 3.52. The second kappa shape index (κ2) is 4.75. The molecule has 1 saturated heterocycles. The average molecular weight is 282 g/mol. The van der Waals surface area contributed by atoms with Gasteiger partial charge in [0.05, 0.1) is 11.2 Å². The van der Waals surface area contributed by atoms with Crippen LogP contribution in [0.4, 0.5) is 9.18 Å². The van der Waals surface area contributed by atoms with E-state index in [4.69, 9.17) is 14.4 Å². The van der Waals surface area contributed by atoms with Crippen molar-refractivity contribution >= 4 is 18.7 Å². The standard InChI is InChI=1S/C13H16BFO5/c1-12(2)13(3,4)20-14(19-12)8-5-6-10(9(15)7-8)18-11(16)17/h5-7H,1-4H3,(H,16,17). The van der Waals surface area contributed by atoms with E-state index in [1.807, 2.05) is 27.7 Å². The summed E-state index contributed by atoms with van der Waals surface area (Å²) < 4.78 is 29.6. The van der Waals surface area contributed by atoms with Gasteiger partial charge in [0.15, 0.2) is 11.6 Å². The Morgan fingerprint density at radius 3 is 2.25 bits per heavy atom. The van der Waals surface area contributed by atoms with Gasteiger partial charge in [0.25, 0.3) is 0 Å². The van der Waals surface area contributed by atoms with Gasteiger partial charge in [-0.2, -0.15) is 0 Å². The van der Waals surface area contributed by atoms with Gasteiger partial charge in [-0.1, -0.05) is 6.07 Å². The lowest BCUT2D eigenvalue weighted by Crippen LogP contribution is -2.41. The lowest BCUT2D eigenvalue weighted by atomic mass is 9.79. The zero-order valence-electron chi connectivity index (χ0n) is 11.8. The SMILES string of the molecule is CC1(C)OB(c2ccc(OC(=O)O)c(F)c2)OC1(C)C. The third kappa shape index (κ3) is 2.64. The molecule has 0 unspecified atom stereocenters. The molecule has 0 spiro atoms. The monoisotopic (exact) mass is 282 g/mol. The van der Waals surface area contributed by atoms with Crippen molar-refractivity contribution in [2.45, 2.75) is 38.9 Å². The smallest absolute Gasteiger partial charge is 0.449 e. The first-order valence-electron chi connectivity index (χ1n) is 6.18. The first-order valence-corrected chi connectivity index (χ1v) is 6.18. The Balaban J connectivity index is 2.24. The Bertz CT molecular complexity index is 528. The van der Waals surface area contributed by atoms with Crippen molar-refractivity contribution in [1.29, 1.82) is 0 Å². The van der Waals surface area contributed by atoms with Gasteiger partial charge < -0.3 is 19.2 Å². The molecule has 7 heteroatoms. The fourth-order valence-electron chi connectivity index (χ4n) is 1.82. The van der Waals surface area contributed by atoms with Crippen molar-refractivity contribution in [3.63, 3.8) is 0 Å². The molecule has 1 fully saturated rings. The highest BCUT2D eigenvalue weighted by Crippen LogP contribution is 2.36. The van der Waals surface area contributed by atoms with Crippen LogP contribution in [0.2, 0.25) is 0 Å². The Morgan fingerprint density at radius 1 is 1.25 bits per heavy atom. The van der Waals surface area contributed by atoms with Crippen LogP contribution in [-0.4, -0.2) is 29.6 Å². The molecule has 0 amide bonds. The van der Waals surface area contributed by atoms with E-state index in [-0.39, 0.29) is 5.75 Å². The van der Waals surface area contributed by atoms with Gasteiger partial charge in [-0.25, -0.2) is 9.18 Å². The van der Waals surface area contributed by atoms with Gasteiger partial charge in [-0.15, -0.1) is 0 Å². The molecule has 0 aromatic heterocycles. The van der Waals surface area contributed by atoms with Crippen LogP contribution in [0, 0.1) is 5.82 Å². The van der Waals surface area contributed by atoms with Crippen molar-refractivity contribution in [3.05, 3.63) is 24.0 Å². The molecule has 0 saturated carbocycles. The average Bonchev–Trinajstić information content (AvgIpc) is 2.50. The molecule has 1 aliphatic heterocycles. The second-order valence-electron chi connectivity index (χ2n) is 5.65. The van der Waals surface area contributed by atoms with E-state index in [2.05, 4.69) is 4.74 Å². The first-order chi connectivity index (χ1) is 9.12. The molecule has 1 aromatic rings. The molecule has 5 nitrogen and oxygen atoms in total. The molecule has 20 heavy (non-hydrogen) atoms. The number of hydrogen-bond acceptors (Lipinski definition) is 4. The van der Waals surface area contributed by atoms with Gasteiger partial charge >= 0.3 is 13.3 Å². The number of benzene rings is 1. The van der Waals surface area contributed by atoms with E-state index in [1.165, 1.54) is 12.1 Å². The third-order valence-corrected chi connectivity index (χ3v) is 3.68. The maximum absolute atomic E-state index is 13.7. The number of ether oxygens (including phenoxy) is 1. The Hall–Kier alpha value is -1.60. The summed E-state index contributed by atoms with van der Waals surface area (Å²) in [5.41, 5.74) is -0.576. The predicted molar refractivity (Wildman–Crippen MR) is 70.8 cm³/mol. The van der Waals surface area contributed by atoms with Crippen LogP contribution in [0.3, 0.4) is 0 Å². The summed E-state index contributed by atoms with van der Waals surface area (Å²) in [6, 6.07) is 3.91. The fourth-order valence-corrected chi connectivity index (χ4v) is 1.82. The van der Waals surface area contributed by atoms with Gasteiger partial charge in [0, 0.05) is 0 Å². The van der Waals surface area contributed by atoms with Crippen LogP contribution < -0.4 is 10.2 Å². The molecule has 0 atom stereocenters. The van der Waals surface area contributed by atoms with Gasteiger partial charge in [-0.3, -0.25) is 0 Å². The van der Waals surface area contributed by atoms with Crippen molar-refractivity contribution < 1.29 is 28.3 Å². The molecular weight excluding hydrogens is 266 g/mol. The lowest BCUT2D eigenvalue weighted by molar-refractivity contribution is 0.00578. The topological polar surface area (TPSA) is 65.0 Å². The lowest BCUT2D eigenvalue weighted by Gasteiger charge is -2.32. The maximum atomic E-state index is 13.7. The largest absolute Gasteiger partial charge is 0.511 e. The number of carbonyl (C=O) groups is 1. The highest BCUT2D eigenvalue weighted by atomic mass is 19.1. The Morgan fingerprint density at radius 2 is 1.80 bits per heavy atom. The zero-order chi connectivity index (χ0) is 15.1. The van der Waals surface area contributed by atoms with Crippen LogP contribution in [0.25, 0.3) is 0 Å². The van der Waals surface area contributed by atoms with E-state index in [0.29, 0.717) is 5.46 Å². The van der Waals surface area contributed by atoms with E-state index in [1.54, 1.807) is 0 Å². The number of carboxylic acid groups (broad SMARTS) is 1. The van der Waals surface area contributed by atoms with Crippen LogP contribution in [-0.2, 0) is 9.31 Å². The summed E-state index contributed by atoms with van der Waals surface area (Å²) in [5, 5.41) is 8.47. The minimum absolute atomic E-state index is 0.349. The van der Waals surface area contributed by atoms with Crippen molar-refractivity contribution in [1.82, 2.24) is 0 Å². The van der Waals surface area contributed by atoms with Crippen molar-refractivity contribution in [3.8, 4) is 5.75 Å². The molecule has 1 heterocycles. The van der Waals surface area contributed by atoms with Gasteiger partial charge in [-0.05, 0) is 45.3 Å². The summed E-state index contributed by atoms with van der Waals surface area (Å²) >= 11 is 0. The predicted octanol–water partition coefficient (Wildman–Crippen LogP) is 2.18. The van der Waals surface area contributed by atoms with Crippen LogP contribution in [0.15, 0.2) is 18.2 Å². The number of halogens is 1. The maximum Gasteiger partial charge on any atom is 0.511 e. The quantitative estimate of drug-likeness (QED) is 0.511. The number of hydrogen-bond donors (Lipinski definition) is 1. The molecule has 0 bridgehead atoms. The molecular formula is C13H16BFO5. The van der Waals surface area contributed by atoms with Crippen LogP contribution in [0.1, 0.15) is 27.7 Å². The molecule has 0 radical (unpaired) electrons. The highest BCUT2D eigenvalue weighted by Gasteiger charge is 2.51. The summed E-state index contributed by atoms with van der Waals surface area (Å²) in [6.07, 6.45) is -1.56. The zero-order valence-corrected chi connectivity index (χ0v) is 11.8. The van der Waals surface area contributed by atoms with Crippen LogP contribution in [0.5, 0.6) is 5.75 Å². The highest BCUT2D eigenvalue weighted by molar-refractivity contribution is 6.62.